The Morgan fingerprint density at radius 3 is 2.27 bits per heavy atom. The first-order valence-electron chi connectivity index (χ1n) is 6.57. The van der Waals surface area contributed by atoms with E-state index in [1.54, 1.807) is 19.2 Å². The summed E-state index contributed by atoms with van der Waals surface area (Å²) in [4.78, 5) is 21.3. The lowest BCUT2D eigenvalue weighted by molar-refractivity contribution is -0.145. The normalized spacial score (nSPS) is 19.5. The molecule has 22 heavy (non-hydrogen) atoms. The van der Waals surface area contributed by atoms with Crippen molar-refractivity contribution < 1.29 is 24.2 Å². The molecule has 1 atom stereocenters. The van der Waals surface area contributed by atoms with Crippen LogP contribution in [0.15, 0.2) is 48.1 Å². The number of anilines is 1. The molecule has 0 heterocycles. The van der Waals surface area contributed by atoms with Gasteiger partial charge in [-0.05, 0) is 37.6 Å². The van der Waals surface area contributed by atoms with Crippen LogP contribution in [0.3, 0.4) is 0 Å². The van der Waals surface area contributed by atoms with Crippen LogP contribution in [0.4, 0.5) is 10.1 Å². The quantitative estimate of drug-likeness (QED) is 0.799. The highest BCUT2D eigenvalue weighted by Gasteiger charge is 2.34. The number of aliphatic carboxylic acids is 2. The van der Waals surface area contributed by atoms with Crippen molar-refractivity contribution >= 4 is 17.6 Å². The van der Waals surface area contributed by atoms with Crippen LogP contribution in [0.25, 0.3) is 0 Å². The Kier molecular flexibility index (Phi) is 5.86. The Balaban J connectivity index is 0.000000235. The first-order chi connectivity index (χ1) is 10.3. The maximum atomic E-state index is 12.2. The van der Waals surface area contributed by atoms with Gasteiger partial charge in [0.05, 0.1) is 5.41 Å². The highest BCUT2D eigenvalue weighted by atomic mass is 19.1. The fourth-order valence-corrected chi connectivity index (χ4v) is 1.80. The molecule has 0 aromatic heterocycles. The third kappa shape index (κ3) is 4.73. The lowest BCUT2D eigenvalue weighted by Crippen LogP contribution is -2.28. The zero-order chi connectivity index (χ0) is 16.8. The minimum Gasteiger partial charge on any atom is -0.481 e. The summed E-state index contributed by atoms with van der Waals surface area (Å²) in [5.74, 6) is -2.26. The Morgan fingerprint density at radius 2 is 1.82 bits per heavy atom. The summed E-state index contributed by atoms with van der Waals surface area (Å²) in [6.45, 7) is 1.50. The Labute approximate surface area is 127 Å². The molecule has 0 radical (unpaired) electrons. The van der Waals surface area contributed by atoms with Crippen molar-refractivity contribution in [3.05, 3.63) is 53.9 Å². The second-order valence-corrected chi connectivity index (χ2v) is 5.01. The van der Waals surface area contributed by atoms with Gasteiger partial charge in [0, 0.05) is 18.3 Å². The molecule has 3 N–H and O–H groups in total. The van der Waals surface area contributed by atoms with E-state index < -0.39 is 17.4 Å². The molecule has 118 valence electrons. The average Bonchev–Trinajstić information content (AvgIpc) is 2.48. The van der Waals surface area contributed by atoms with Crippen LogP contribution in [-0.2, 0) is 9.59 Å². The van der Waals surface area contributed by atoms with Gasteiger partial charge in [-0.25, -0.2) is 9.18 Å². The topological polar surface area (TPSA) is 86.6 Å². The van der Waals surface area contributed by atoms with Gasteiger partial charge in [0.15, 0.2) is 0 Å². The molecule has 0 spiro atoms. The monoisotopic (exact) mass is 307 g/mol. The average molecular weight is 307 g/mol. The molecule has 2 rings (SSSR count). The molecule has 0 fully saturated rings. The Morgan fingerprint density at radius 1 is 1.23 bits per heavy atom. The summed E-state index contributed by atoms with van der Waals surface area (Å²) in [6.07, 6.45) is 4.43. The summed E-state index contributed by atoms with van der Waals surface area (Å²) in [6, 6.07) is 6.22. The minimum absolute atomic E-state index is 0.0359. The second-order valence-electron chi connectivity index (χ2n) is 5.01. The van der Waals surface area contributed by atoms with E-state index in [2.05, 4.69) is 5.32 Å². The fourth-order valence-electron chi connectivity index (χ4n) is 1.80. The van der Waals surface area contributed by atoms with E-state index in [0.29, 0.717) is 0 Å². The van der Waals surface area contributed by atoms with Crippen molar-refractivity contribution in [1.82, 2.24) is 0 Å². The largest absolute Gasteiger partial charge is 0.481 e. The molecule has 5 nitrogen and oxygen atoms in total. The molecule has 1 aromatic carbocycles. The standard InChI is InChI=1S/C9H10O4.C7H8FN/c1-9(8(12)13)4-2-3-6(5-9)7(10)11;1-9-7-4-2-6(8)3-5-7/h2-4H,5H2,1H3,(H,10,11)(H,12,13);2-5,9H,1H3/t9-;/m1./s1. The molecular formula is C16H18FNO4. The van der Waals surface area contributed by atoms with Gasteiger partial charge in [-0.2, -0.15) is 0 Å². The van der Waals surface area contributed by atoms with Crippen LogP contribution in [0.2, 0.25) is 0 Å². The summed E-state index contributed by atoms with van der Waals surface area (Å²) in [5, 5.41) is 20.4. The van der Waals surface area contributed by atoms with E-state index in [0.717, 1.165) is 5.69 Å². The van der Waals surface area contributed by atoms with Gasteiger partial charge in [-0.3, -0.25) is 4.79 Å². The van der Waals surface area contributed by atoms with E-state index in [1.807, 2.05) is 0 Å². The Hall–Kier alpha value is -2.63. The number of hydrogen-bond acceptors (Lipinski definition) is 3. The van der Waals surface area contributed by atoms with E-state index >= 15 is 0 Å². The minimum atomic E-state index is -1.08. The lowest BCUT2D eigenvalue weighted by Gasteiger charge is -2.23. The molecule has 1 aromatic rings. The fraction of sp³-hybridized carbons (Fsp3) is 0.250. The number of carbonyl (C=O) groups is 2. The van der Waals surface area contributed by atoms with Gasteiger partial charge in [0.25, 0.3) is 0 Å². The maximum Gasteiger partial charge on any atom is 0.331 e. The molecule has 1 aliphatic rings. The third-order valence-electron chi connectivity index (χ3n) is 3.22. The maximum absolute atomic E-state index is 12.2. The number of rotatable bonds is 3. The van der Waals surface area contributed by atoms with E-state index in [4.69, 9.17) is 10.2 Å². The van der Waals surface area contributed by atoms with Crippen molar-refractivity contribution in [3.8, 4) is 0 Å². The number of carboxylic acids is 2. The molecule has 0 saturated carbocycles. The molecule has 0 saturated heterocycles. The number of hydrogen-bond donors (Lipinski definition) is 3. The lowest BCUT2D eigenvalue weighted by atomic mass is 9.80. The van der Waals surface area contributed by atoms with E-state index in [1.165, 1.54) is 37.3 Å². The molecule has 0 amide bonds. The summed E-state index contributed by atoms with van der Waals surface area (Å²) < 4.78 is 12.2. The molecule has 0 bridgehead atoms. The number of halogens is 1. The molecular weight excluding hydrogens is 289 g/mol. The number of allylic oxidation sites excluding steroid dienone is 2. The van der Waals surface area contributed by atoms with Gasteiger partial charge in [-0.1, -0.05) is 18.2 Å². The summed E-state index contributed by atoms with van der Waals surface area (Å²) in [7, 11) is 1.80. The second kappa shape index (κ2) is 7.40. The van der Waals surface area contributed by atoms with Crippen molar-refractivity contribution in [1.29, 1.82) is 0 Å². The summed E-state index contributed by atoms with van der Waals surface area (Å²) >= 11 is 0. The van der Waals surface area contributed by atoms with Gasteiger partial charge >= 0.3 is 11.9 Å². The van der Waals surface area contributed by atoms with Crippen LogP contribution >= 0.6 is 0 Å². The molecule has 0 unspecified atom stereocenters. The van der Waals surface area contributed by atoms with Crippen LogP contribution in [-0.4, -0.2) is 29.2 Å². The highest BCUT2D eigenvalue weighted by molar-refractivity contribution is 5.90. The van der Waals surface area contributed by atoms with Crippen molar-refractivity contribution in [3.63, 3.8) is 0 Å². The summed E-state index contributed by atoms with van der Waals surface area (Å²) in [5.41, 5.74) is -0.0218. The number of carboxylic acid groups (broad SMARTS) is 2. The molecule has 1 aliphatic carbocycles. The van der Waals surface area contributed by atoms with E-state index in [9.17, 15) is 14.0 Å². The molecule has 6 heteroatoms. The Bertz CT molecular complexity index is 607. The van der Waals surface area contributed by atoms with Gasteiger partial charge in [0.1, 0.15) is 5.82 Å². The van der Waals surface area contributed by atoms with Crippen LogP contribution < -0.4 is 5.32 Å². The predicted molar refractivity (Wildman–Crippen MR) is 81.2 cm³/mol. The number of nitrogens with one attached hydrogen (secondary N) is 1. The first kappa shape index (κ1) is 17.4. The third-order valence-corrected chi connectivity index (χ3v) is 3.22. The van der Waals surface area contributed by atoms with E-state index in [-0.39, 0.29) is 17.8 Å². The zero-order valence-electron chi connectivity index (χ0n) is 12.3. The molecule has 0 aliphatic heterocycles. The van der Waals surface area contributed by atoms with Crippen LogP contribution in [0.1, 0.15) is 13.3 Å². The van der Waals surface area contributed by atoms with Crippen molar-refractivity contribution in [2.24, 2.45) is 5.41 Å². The smallest absolute Gasteiger partial charge is 0.331 e. The predicted octanol–water partition coefficient (Wildman–Crippen LogP) is 2.92. The first-order valence-corrected chi connectivity index (χ1v) is 6.57. The number of benzene rings is 1. The zero-order valence-corrected chi connectivity index (χ0v) is 12.3. The van der Waals surface area contributed by atoms with Gasteiger partial charge in [-0.15, -0.1) is 0 Å². The SMILES string of the molecule is CNc1ccc(F)cc1.C[C@@]1(C(=O)O)C=CC=C(C(=O)O)C1. The van der Waals surface area contributed by atoms with Crippen LogP contribution in [0.5, 0.6) is 0 Å². The van der Waals surface area contributed by atoms with Crippen LogP contribution in [0, 0.1) is 11.2 Å². The van der Waals surface area contributed by atoms with Crippen molar-refractivity contribution in [2.75, 3.05) is 12.4 Å². The van der Waals surface area contributed by atoms with Gasteiger partial charge < -0.3 is 15.5 Å². The van der Waals surface area contributed by atoms with Crippen molar-refractivity contribution in [2.45, 2.75) is 13.3 Å². The van der Waals surface area contributed by atoms with Gasteiger partial charge in [0.2, 0.25) is 0 Å². The highest BCUT2D eigenvalue weighted by Crippen LogP contribution is 2.31.